The Morgan fingerprint density at radius 1 is 1.00 bits per heavy atom. The fraction of sp³-hybridized carbons (Fsp3) is 0.692. The molecule has 0 fully saturated rings. The zero-order valence-corrected chi connectivity index (χ0v) is 11.9. The molecule has 0 saturated carbocycles. The van der Waals surface area contributed by atoms with Crippen LogP contribution in [0.3, 0.4) is 0 Å². The van der Waals surface area contributed by atoms with E-state index in [0.717, 1.165) is 12.2 Å². The van der Waals surface area contributed by atoms with Crippen molar-refractivity contribution in [1.82, 2.24) is 0 Å². The zero-order chi connectivity index (χ0) is 14.4. The van der Waals surface area contributed by atoms with Crippen LogP contribution in [0.15, 0.2) is 12.2 Å². The van der Waals surface area contributed by atoms with Gasteiger partial charge in [-0.2, -0.15) is 4.89 Å². The van der Waals surface area contributed by atoms with Crippen molar-refractivity contribution in [3.8, 4) is 0 Å². The lowest BCUT2D eigenvalue weighted by Crippen LogP contribution is -2.31. The largest absolute Gasteiger partial charge is 0.466 e. The molecule has 0 saturated heterocycles. The van der Waals surface area contributed by atoms with Gasteiger partial charge in [0.1, 0.15) is 5.60 Å². The molecule has 0 radical (unpaired) electrons. The van der Waals surface area contributed by atoms with Crippen LogP contribution < -0.4 is 0 Å². The lowest BCUT2D eigenvalue weighted by molar-refractivity contribution is -0.326. The Labute approximate surface area is 108 Å². The molecule has 0 aliphatic carbocycles. The molecule has 0 aliphatic heterocycles. The predicted molar refractivity (Wildman–Crippen MR) is 66.5 cm³/mol. The number of methoxy groups -OCH3 is 1. The number of carbonyl (C=O) groups is 2. The highest BCUT2D eigenvalue weighted by Crippen LogP contribution is 2.29. The van der Waals surface area contributed by atoms with Crippen LogP contribution in [0.25, 0.3) is 0 Å². The van der Waals surface area contributed by atoms with Crippen molar-refractivity contribution >= 4 is 11.9 Å². The van der Waals surface area contributed by atoms with Crippen molar-refractivity contribution in [2.24, 2.45) is 5.41 Å². The molecule has 104 valence electrons. The molecule has 0 aromatic heterocycles. The third kappa shape index (κ3) is 8.75. The maximum Gasteiger partial charge on any atom is 0.366 e. The number of carbonyl (C=O) groups excluding carboxylic acids is 2. The molecule has 0 rings (SSSR count). The second kappa shape index (κ2) is 6.54. The van der Waals surface area contributed by atoms with Gasteiger partial charge in [0.15, 0.2) is 0 Å². The molecular formula is C13H22O5. The number of esters is 1. The van der Waals surface area contributed by atoms with E-state index in [-0.39, 0.29) is 5.41 Å². The van der Waals surface area contributed by atoms with Gasteiger partial charge in [-0.25, -0.2) is 9.59 Å². The second-order valence-electron chi connectivity index (χ2n) is 5.84. The van der Waals surface area contributed by atoms with E-state index in [1.54, 1.807) is 0 Å². The summed E-state index contributed by atoms with van der Waals surface area (Å²) in [4.78, 5) is 31.7. The maximum absolute atomic E-state index is 11.2. The van der Waals surface area contributed by atoms with Crippen LogP contribution in [0.4, 0.5) is 0 Å². The van der Waals surface area contributed by atoms with Crippen molar-refractivity contribution in [2.75, 3.05) is 7.11 Å². The average Bonchev–Trinajstić information content (AvgIpc) is 2.19. The van der Waals surface area contributed by atoms with E-state index in [2.05, 4.69) is 30.4 Å². The summed E-state index contributed by atoms with van der Waals surface area (Å²) >= 11 is 0. The molecule has 0 atom stereocenters. The quantitative estimate of drug-likeness (QED) is 0.328. The summed E-state index contributed by atoms with van der Waals surface area (Å²) in [6, 6.07) is 0. The monoisotopic (exact) mass is 258 g/mol. The zero-order valence-electron chi connectivity index (χ0n) is 11.9. The average molecular weight is 258 g/mol. The Morgan fingerprint density at radius 2 is 1.50 bits per heavy atom. The summed E-state index contributed by atoms with van der Waals surface area (Å²) in [5.41, 5.74) is -0.537. The van der Waals surface area contributed by atoms with E-state index >= 15 is 0 Å². The highest BCUT2D eigenvalue weighted by atomic mass is 17.2. The van der Waals surface area contributed by atoms with Gasteiger partial charge in [-0.3, -0.25) is 4.89 Å². The Bertz CT molecular complexity index is 323. The summed E-state index contributed by atoms with van der Waals surface area (Å²) in [6.45, 7) is 9.86. The van der Waals surface area contributed by atoms with Gasteiger partial charge in [-0.15, -0.1) is 0 Å². The van der Waals surface area contributed by atoms with Crippen molar-refractivity contribution < 1.29 is 24.1 Å². The molecule has 0 bridgehead atoms. The van der Waals surface area contributed by atoms with Crippen molar-refractivity contribution in [3.63, 3.8) is 0 Å². The van der Waals surface area contributed by atoms with Crippen LogP contribution in [0.2, 0.25) is 0 Å². The van der Waals surface area contributed by atoms with E-state index in [0.29, 0.717) is 6.42 Å². The van der Waals surface area contributed by atoms with E-state index in [4.69, 9.17) is 4.89 Å². The standard InChI is InChI=1S/C13H22O5/c1-12(2,3)9-13(4,5)18-17-11(15)8-7-10(14)16-6/h7-8H,9H2,1-6H3. The van der Waals surface area contributed by atoms with E-state index in [1.165, 1.54) is 7.11 Å². The molecule has 18 heavy (non-hydrogen) atoms. The minimum absolute atomic E-state index is 0.0533. The van der Waals surface area contributed by atoms with Crippen LogP contribution in [-0.4, -0.2) is 24.6 Å². The van der Waals surface area contributed by atoms with Crippen molar-refractivity contribution in [3.05, 3.63) is 12.2 Å². The summed E-state index contributed by atoms with van der Waals surface area (Å²) in [5, 5.41) is 0. The Balaban J connectivity index is 4.20. The minimum atomic E-state index is -0.748. The van der Waals surface area contributed by atoms with Crippen LogP contribution >= 0.6 is 0 Å². The first-order valence-electron chi connectivity index (χ1n) is 5.71. The molecule has 0 aliphatic rings. The lowest BCUT2D eigenvalue weighted by atomic mass is 9.84. The first kappa shape index (κ1) is 16.6. The van der Waals surface area contributed by atoms with E-state index in [9.17, 15) is 9.59 Å². The van der Waals surface area contributed by atoms with Crippen molar-refractivity contribution in [2.45, 2.75) is 46.6 Å². The van der Waals surface area contributed by atoms with Gasteiger partial charge in [0, 0.05) is 12.2 Å². The van der Waals surface area contributed by atoms with Crippen LogP contribution in [0.5, 0.6) is 0 Å². The molecule has 0 spiro atoms. The fourth-order valence-electron chi connectivity index (χ4n) is 1.69. The molecule has 0 amide bonds. The first-order chi connectivity index (χ1) is 8.06. The van der Waals surface area contributed by atoms with Crippen molar-refractivity contribution in [1.29, 1.82) is 0 Å². The number of hydrogen-bond donors (Lipinski definition) is 0. The summed E-state index contributed by atoms with van der Waals surface area (Å²) in [7, 11) is 1.22. The van der Waals surface area contributed by atoms with Gasteiger partial charge in [0.2, 0.25) is 0 Å². The second-order valence-corrected chi connectivity index (χ2v) is 5.84. The molecule has 0 N–H and O–H groups in total. The fourth-order valence-corrected chi connectivity index (χ4v) is 1.69. The van der Waals surface area contributed by atoms with E-state index < -0.39 is 17.5 Å². The summed E-state index contributed by atoms with van der Waals surface area (Å²) < 4.78 is 4.34. The Kier molecular flexibility index (Phi) is 6.05. The van der Waals surface area contributed by atoms with Crippen LogP contribution in [0.1, 0.15) is 41.0 Å². The van der Waals surface area contributed by atoms with Crippen LogP contribution in [-0.2, 0) is 24.1 Å². The molecule has 0 aromatic rings. The normalized spacial score (nSPS) is 12.6. The van der Waals surface area contributed by atoms with Crippen LogP contribution in [0, 0.1) is 5.41 Å². The maximum atomic E-state index is 11.2. The summed E-state index contributed by atoms with van der Waals surface area (Å²) in [5.74, 6) is -1.37. The highest BCUT2D eigenvalue weighted by molar-refractivity contribution is 5.91. The van der Waals surface area contributed by atoms with Gasteiger partial charge in [-0.05, 0) is 25.7 Å². The van der Waals surface area contributed by atoms with Gasteiger partial charge >= 0.3 is 11.9 Å². The molecule has 0 aromatic carbocycles. The Hall–Kier alpha value is -1.36. The molecular weight excluding hydrogens is 236 g/mol. The van der Waals surface area contributed by atoms with Gasteiger partial charge in [0.25, 0.3) is 0 Å². The SMILES string of the molecule is COC(=O)C=CC(=O)OOC(C)(C)CC(C)(C)C. The lowest BCUT2D eigenvalue weighted by Gasteiger charge is -2.30. The molecule has 5 nitrogen and oxygen atoms in total. The minimum Gasteiger partial charge on any atom is -0.466 e. The number of hydrogen-bond acceptors (Lipinski definition) is 5. The smallest absolute Gasteiger partial charge is 0.366 e. The number of ether oxygens (including phenoxy) is 1. The van der Waals surface area contributed by atoms with E-state index in [1.807, 2.05) is 13.8 Å². The number of rotatable bonds is 5. The third-order valence-electron chi connectivity index (χ3n) is 1.86. The van der Waals surface area contributed by atoms with Gasteiger partial charge < -0.3 is 4.74 Å². The molecule has 0 unspecified atom stereocenters. The molecule has 5 heteroatoms. The van der Waals surface area contributed by atoms with Gasteiger partial charge in [-0.1, -0.05) is 20.8 Å². The Morgan fingerprint density at radius 3 is 1.94 bits per heavy atom. The topological polar surface area (TPSA) is 61.8 Å². The third-order valence-corrected chi connectivity index (χ3v) is 1.86. The molecule has 0 heterocycles. The first-order valence-corrected chi connectivity index (χ1v) is 5.71. The summed E-state index contributed by atoms with van der Waals surface area (Å²) in [6.07, 6.45) is 2.65. The van der Waals surface area contributed by atoms with Gasteiger partial charge in [0.05, 0.1) is 7.11 Å². The predicted octanol–water partition coefficient (Wildman–Crippen LogP) is 2.41. The highest BCUT2D eigenvalue weighted by Gasteiger charge is 2.28.